The van der Waals surface area contributed by atoms with Crippen molar-refractivity contribution in [2.24, 2.45) is 5.41 Å². The molecule has 1 aromatic carbocycles. The van der Waals surface area contributed by atoms with Crippen molar-refractivity contribution in [2.45, 2.75) is 27.2 Å². The summed E-state index contributed by atoms with van der Waals surface area (Å²) in [7, 11) is 0. The molecule has 0 heterocycles. The summed E-state index contributed by atoms with van der Waals surface area (Å²) in [5, 5.41) is 0. The van der Waals surface area contributed by atoms with E-state index in [0.29, 0.717) is 5.88 Å². The smallest absolute Gasteiger partial charge is 0.0315 e. The van der Waals surface area contributed by atoms with Crippen LogP contribution in [0, 0.1) is 5.41 Å². The summed E-state index contributed by atoms with van der Waals surface area (Å²) >= 11 is 6.08. The van der Waals surface area contributed by atoms with Crippen LogP contribution in [0.4, 0.5) is 0 Å². The Hall–Kier alpha value is -1.01. The standard InChI is InChI=1S/C16H19Cl/c1-12-9-16(3,11-17)10-13(2)15(12)14-7-5-4-6-8-14/h4-9H,10-11H2,1-3H3. The van der Waals surface area contributed by atoms with Crippen molar-refractivity contribution in [1.82, 2.24) is 0 Å². The molecule has 17 heavy (non-hydrogen) atoms. The van der Waals surface area contributed by atoms with Crippen molar-refractivity contribution in [3.05, 3.63) is 53.1 Å². The van der Waals surface area contributed by atoms with Gasteiger partial charge in [-0.15, -0.1) is 11.6 Å². The lowest BCUT2D eigenvalue weighted by atomic mass is 9.75. The molecule has 1 heteroatoms. The second-order valence-corrected chi connectivity index (χ2v) is 5.58. The van der Waals surface area contributed by atoms with Gasteiger partial charge in [0.2, 0.25) is 0 Å². The quantitative estimate of drug-likeness (QED) is 0.641. The minimum Gasteiger partial charge on any atom is -0.126 e. The lowest BCUT2D eigenvalue weighted by Crippen LogP contribution is -2.20. The Morgan fingerprint density at radius 3 is 2.35 bits per heavy atom. The SMILES string of the molecule is CC1=CC(C)(CCl)CC(C)=C1c1ccccc1. The van der Waals surface area contributed by atoms with Gasteiger partial charge in [-0.1, -0.05) is 48.9 Å². The van der Waals surface area contributed by atoms with E-state index in [-0.39, 0.29) is 5.41 Å². The molecule has 0 saturated carbocycles. The first-order valence-electron chi connectivity index (χ1n) is 6.07. The van der Waals surface area contributed by atoms with E-state index >= 15 is 0 Å². The second-order valence-electron chi connectivity index (χ2n) is 5.31. The Balaban J connectivity index is 2.44. The molecule has 0 saturated heterocycles. The van der Waals surface area contributed by atoms with E-state index in [2.05, 4.69) is 57.2 Å². The molecular formula is C16H19Cl. The van der Waals surface area contributed by atoms with Gasteiger partial charge in [0.1, 0.15) is 0 Å². The number of hydrogen-bond donors (Lipinski definition) is 0. The summed E-state index contributed by atoms with van der Waals surface area (Å²) in [4.78, 5) is 0. The van der Waals surface area contributed by atoms with Crippen LogP contribution in [0.15, 0.2) is 47.6 Å². The summed E-state index contributed by atoms with van der Waals surface area (Å²) in [6, 6.07) is 10.6. The van der Waals surface area contributed by atoms with Crippen LogP contribution in [0.2, 0.25) is 0 Å². The molecule has 0 fully saturated rings. The van der Waals surface area contributed by atoms with Crippen LogP contribution in [-0.4, -0.2) is 5.88 Å². The lowest BCUT2D eigenvalue weighted by molar-refractivity contribution is 0.475. The fourth-order valence-electron chi connectivity index (χ4n) is 2.84. The summed E-state index contributed by atoms with van der Waals surface area (Å²) < 4.78 is 0. The number of rotatable bonds is 2. The largest absolute Gasteiger partial charge is 0.126 e. The molecule has 1 aromatic rings. The van der Waals surface area contributed by atoms with Gasteiger partial charge in [-0.05, 0) is 37.0 Å². The molecule has 0 radical (unpaired) electrons. The topological polar surface area (TPSA) is 0 Å². The van der Waals surface area contributed by atoms with Gasteiger partial charge in [0.05, 0.1) is 0 Å². The molecule has 1 atom stereocenters. The third kappa shape index (κ3) is 2.47. The Morgan fingerprint density at radius 2 is 1.82 bits per heavy atom. The highest BCUT2D eigenvalue weighted by molar-refractivity contribution is 6.18. The highest BCUT2D eigenvalue weighted by Crippen LogP contribution is 2.41. The molecule has 2 rings (SSSR count). The van der Waals surface area contributed by atoms with Gasteiger partial charge < -0.3 is 0 Å². The number of allylic oxidation sites excluding steroid dienone is 4. The van der Waals surface area contributed by atoms with Gasteiger partial charge >= 0.3 is 0 Å². The number of halogens is 1. The van der Waals surface area contributed by atoms with Crippen molar-refractivity contribution in [3.63, 3.8) is 0 Å². The first kappa shape index (κ1) is 12.4. The zero-order valence-corrected chi connectivity index (χ0v) is 11.5. The van der Waals surface area contributed by atoms with Gasteiger partial charge in [-0.2, -0.15) is 0 Å². The van der Waals surface area contributed by atoms with Crippen molar-refractivity contribution < 1.29 is 0 Å². The van der Waals surface area contributed by atoms with Crippen LogP contribution in [-0.2, 0) is 0 Å². The van der Waals surface area contributed by atoms with Gasteiger partial charge in [0.15, 0.2) is 0 Å². The Labute approximate surface area is 109 Å². The molecule has 0 spiro atoms. The summed E-state index contributed by atoms with van der Waals surface area (Å²) in [5.74, 6) is 0.684. The highest BCUT2D eigenvalue weighted by atomic mass is 35.5. The van der Waals surface area contributed by atoms with Crippen molar-refractivity contribution >= 4 is 17.2 Å². The fourth-order valence-corrected chi connectivity index (χ4v) is 3.01. The first-order chi connectivity index (χ1) is 8.06. The maximum Gasteiger partial charge on any atom is 0.0315 e. The van der Waals surface area contributed by atoms with Crippen LogP contribution in [0.5, 0.6) is 0 Å². The Morgan fingerprint density at radius 1 is 1.18 bits per heavy atom. The van der Waals surface area contributed by atoms with E-state index in [4.69, 9.17) is 11.6 Å². The van der Waals surface area contributed by atoms with Crippen LogP contribution in [0.1, 0.15) is 32.8 Å². The van der Waals surface area contributed by atoms with Crippen LogP contribution >= 0.6 is 11.6 Å². The number of alkyl halides is 1. The molecule has 1 aliphatic carbocycles. The van der Waals surface area contributed by atoms with E-state index < -0.39 is 0 Å². The molecular weight excluding hydrogens is 228 g/mol. The van der Waals surface area contributed by atoms with Gasteiger partial charge in [-0.3, -0.25) is 0 Å². The van der Waals surface area contributed by atoms with E-state index in [1.165, 1.54) is 22.3 Å². The third-order valence-corrected chi connectivity index (χ3v) is 4.03. The zero-order chi connectivity index (χ0) is 12.5. The fraction of sp³-hybridized carbons (Fsp3) is 0.375. The maximum absolute atomic E-state index is 6.08. The number of benzene rings is 1. The summed E-state index contributed by atoms with van der Waals surface area (Å²) in [5.41, 5.74) is 5.62. The lowest BCUT2D eigenvalue weighted by Gasteiger charge is -2.31. The second kappa shape index (κ2) is 4.70. The molecule has 90 valence electrons. The predicted octanol–water partition coefficient (Wildman–Crippen LogP) is 5.06. The van der Waals surface area contributed by atoms with Crippen molar-refractivity contribution in [1.29, 1.82) is 0 Å². The number of hydrogen-bond acceptors (Lipinski definition) is 0. The molecule has 0 N–H and O–H groups in total. The Kier molecular flexibility index (Phi) is 3.44. The molecule has 0 aliphatic heterocycles. The molecule has 0 nitrogen and oxygen atoms in total. The molecule has 0 bridgehead atoms. The normalized spacial score (nSPS) is 24.8. The van der Waals surface area contributed by atoms with E-state index in [0.717, 1.165) is 6.42 Å². The zero-order valence-electron chi connectivity index (χ0n) is 10.8. The molecule has 0 amide bonds. The molecule has 1 unspecified atom stereocenters. The Bertz CT molecular complexity index is 468. The van der Waals surface area contributed by atoms with Crippen molar-refractivity contribution in [2.75, 3.05) is 5.88 Å². The van der Waals surface area contributed by atoms with Gasteiger partial charge in [0, 0.05) is 11.3 Å². The molecule has 0 aromatic heterocycles. The summed E-state index contributed by atoms with van der Waals surface area (Å²) in [6.07, 6.45) is 3.38. The predicted molar refractivity (Wildman–Crippen MR) is 76.2 cm³/mol. The van der Waals surface area contributed by atoms with E-state index in [1.54, 1.807) is 0 Å². The summed E-state index contributed by atoms with van der Waals surface area (Å²) in [6.45, 7) is 6.65. The van der Waals surface area contributed by atoms with Crippen LogP contribution < -0.4 is 0 Å². The van der Waals surface area contributed by atoms with E-state index in [9.17, 15) is 0 Å². The van der Waals surface area contributed by atoms with Crippen LogP contribution in [0.3, 0.4) is 0 Å². The van der Waals surface area contributed by atoms with Crippen LogP contribution in [0.25, 0.3) is 5.57 Å². The minimum atomic E-state index is 0.119. The van der Waals surface area contributed by atoms with Gasteiger partial charge in [-0.25, -0.2) is 0 Å². The molecule has 1 aliphatic rings. The van der Waals surface area contributed by atoms with Crippen molar-refractivity contribution in [3.8, 4) is 0 Å². The van der Waals surface area contributed by atoms with Gasteiger partial charge in [0.25, 0.3) is 0 Å². The third-order valence-electron chi connectivity index (χ3n) is 3.42. The monoisotopic (exact) mass is 246 g/mol. The first-order valence-corrected chi connectivity index (χ1v) is 6.60. The average Bonchev–Trinajstić information content (AvgIpc) is 2.29. The highest BCUT2D eigenvalue weighted by Gasteiger charge is 2.27. The minimum absolute atomic E-state index is 0.119. The van der Waals surface area contributed by atoms with E-state index in [1.807, 2.05) is 0 Å². The maximum atomic E-state index is 6.08. The average molecular weight is 247 g/mol.